The number of nitrogens with one attached hydrogen (secondary N) is 2. The summed E-state index contributed by atoms with van der Waals surface area (Å²) in [6.45, 7) is 8.80. The molecule has 9 nitrogen and oxygen atoms in total. The third kappa shape index (κ3) is 5.99. The number of rotatable bonds is 5. The number of phenolic OH excluding ortho intramolecular Hbond substituents is 2. The van der Waals surface area contributed by atoms with Crippen molar-refractivity contribution in [3.8, 4) is 28.6 Å². The SMILES string of the molecule is CC(C)c1cc(-c2n[nH]c(=O)n2-c2ccc(CN3CCNCC3)cc2)c(O)cc1O.c1ccncc1. The summed E-state index contributed by atoms with van der Waals surface area (Å²) >= 11 is 0. The zero-order chi connectivity index (χ0) is 25.5. The van der Waals surface area contributed by atoms with E-state index in [1.165, 1.54) is 16.2 Å². The monoisotopic (exact) mass is 488 g/mol. The van der Waals surface area contributed by atoms with Crippen LogP contribution in [0.5, 0.6) is 11.5 Å². The van der Waals surface area contributed by atoms with Gasteiger partial charge in [-0.2, -0.15) is 5.10 Å². The van der Waals surface area contributed by atoms with Crippen LogP contribution in [-0.2, 0) is 6.54 Å². The first-order valence-electron chi connectivity index (χ1n) is 12.0. The summed E-state index contributed by atoms with van der Waals surface area (Å²) < 4.78 is 1.44. The highest BCUT2D eigenvalue weighted by molar-refractivity contribution is 5.69. The van der Waals surface area contributed by atoms with Gasteiger partial charge in [0.1, 0.15) is 11.5 Å². The maximum absolute atomic E-state index is 12.5. The van der Waals surface area contributed by atoms with Crippen LogP contribution in [0.25, 0.3) is 17.1 Å². The Morgan fingerprint density at radius 1 is 0.972 bits per heavy atom. The Morgan fingerprint density at radius 3 is 2.25 bits per heavy atom. The maximum Gasteiger partial charge on any atom is 0.348 e. The number of piperazine rings is 1. The molecule has 0 spiro atoms. The Balaban J connectivity index is 0.000000445. The molecule has 1 fully saturated rings. The highest BCUT2D eigenvalue weighted by atomic mass is 16.3. The highest BCUT2D eigenvalue weighted by Crippen LogP contribution is 2.37. The Bertz CT molecular complexity index is 1280. The van der Waals surface area contributed by atoms with E-state index in [4.69, 9.17) is 0 Å². The molecule has 0 aliphatic carbocycles. The van der Waals surface area contributed by atoms with E-state index in [1.807, 2.05) is 56.3 Å². The number of phenols is 2. The number of aromatic nitrogens is 4. The number of hydrogen-bond acceptors (Lipinski definition) is 7. The minimum Gasteiger partial charge on any atom is -0.508 e. The smallest absolute Gasteiger partial charge is 0.348 e. The summed E-state index contributed by atoms with van der Waals surface area (Å²) in [7, 11) is 0. The zero-order valence-electron chi connectivity index (χ0n) is 20.6. The second-order valence-corrected chi connectivity index (χ2v) is 8.99. The van der Waals surface area contributed by atoms with Crippen molar-refractivity contribution >= 4 is 0 Å². The Hall–Kier alpha value is -3.95. The van der Waals surface area contributed by atoms with E-state index in [1.54, 1.807) is 18.5 Å². The van der Waals surface area contributed by atoms with Gasteiger partial charge in [0.25, 0.3) is 0 Å². The van der Waals surface area contributed by atoms with E-state index >= 15 is 0 Å². The molecule has 1 aliphatic heterocycles. The molecule has 4 N–H and O–H groups in total. The van der Waals surface area contributed by atoms with Crippen molar-refractivity contribution < 1.29 is 10.2 Å². The molecule has 0 amide bonds. The van der Waals surface area contributed by atoms with Crippen LogP contribution in [0.2, 0.25) is 0 Å². The normalized spacial score (nSPS) is 13.9. The molecule has 2 aromatic heterocycles. The van der Waals surface area contributed by atoms with Gasteiger partial charge in [-0.15, -0.1) is 0 Å². The number of hydrogen-bond donors (Lipinski definition) is 4. The fourth-order valence-corrected chi connectivity index (χ4v) is 4.14. The molecule has 1 aliphatic rings. The average Bonchev–Trinajstić information content (AvgIpc) is 3.27. The van der Waals surface area contributed by atoms with Crippen molar-refractivity contribution in [1.82, 2.24) is 30.0 Å². The summed E-state index contributed by atoms with van der Waals surface area (Å²) in [5.74, 6) is 0.238. The van der Waals surface area contributed by atoms with Gasteiger partial charge in [0.2, 0.25) is 0 Å². The number of pyridine rings is 1. The Kier molecular flexibility index (Phi) is 8.14. The largest absolute Gasteiger partial charge is 0.508 e. The second kappa shape index (κ2) is 11.7. The fourth-order valence-electron chi connectivity index (χ4n) is 4.14. The quantitative estimate of drug-likeness (QED) is 0.340. The van der Waals surface area contributed by atoms with Crippen molar-refractivity contribution in [1.29, 1.82) is 0 Å². The van der Waals surface area contributed by atoms with Crippen LogP contribution in [0.1, 0.15) is 30.9 Å². The van der Waals surface area contributed by atoms with E-state index in [2.05, 4.69) is 25.4 Å². The number of aromatic amines is 1. The lowest BCUT2D eigenvalue weighted by atomic mass is 9.98. The standard InChI is InChI=1S/C22H27N5O3.C5H5N/c1-14(2)17-11-18(20(29)12-19(17)28)21-24-25-22(30)27(21)16-5-3-15(4-6-16)13-26-9-7-23-8-10-26;1-2-4-6-5-3-1/h3-6,11-12,14,23,28-29H,7-10,13H2,1-2H3,(H,25,30);1-5H. The first kappa shape index (κ1) is 25.2. The van der Waals surface area contributed by atoms with Crippen LogP contribution >= 0.6 is 0 Å². The molecule has 9 heteroatoms. The predicted octanol–water partition coefficient (Wildman–Crippen LogP) is 3.25. The molecule has 36 heavy (non-hydrogen) atoms. The molecule has 0 atom stereocenters. The lowest BCUT2D eigenvalue weighted by molar-refractivity contribution is 0.233. The van der Waals surface area contributed by atoms with Crippen LogP contribution in [0, 0.1) is 0 Å². The van der Waals surface area contributed by atoms with Gasteiger partial charge < -0.3 is 15.5 Å². The van der Waals surface area contributed by atoms with E-state index in [0.717, 1.165) is 32.7 Å². The Morgan fingerprint density at radius 2 is 1.67 bits per heavy atom. The summed E-state index contributed by atoms with van der Waals surface area (Å²) in [5.41, 5.74) is 2.51. The minimum absolute atomic E-state index is 0.0212. The summed E-state index contributed by atoms with van der Waals surface area (Å²) in [6.07, 6.45) is 3.50. The molecule has 4 aromatic rings. The summed E-state index contributed by atoms with van der Waals surface area (Å²) in [6, 6.07) is 16.5. The first-order chi connectivity index (χ1) is 17.4. The van der Waals surface area contributed by atoms with Crippen molar-refractivity contribution in [3.63, 3.8) is 0 Å². The molecule has 5 rings (SSSR count). The number of H-pyrrole nitrogens is 1. The molecular weight excluding hydrogens is 456 g/mol. The number of aromatic hydroxyl groups is 2. The van der Waals surface area contributed by atoms with Gasteiger partial charge in [0, 0.05) is 51.2 Å². The van der Waals surface area contributed by atoms with E-state index in [-0.39, 0.29) is 17.4 Å². The third-order valence-corrected chi connectivity index (χ3v) is 6.06. The molecule has 2 aromatic carbocycles. The van der Waals surface area contributed by atoms with Crippen molar-refractivity contribution in [2.75, 3.05) is 26.2 Å². The van der Waals surface area contributed by atoms with Gasteiger partial charge >= 0.3 is 5.69 Å². The molecule has 0 bridgehead atoms. The van der Waals surface area contributed by atoms with Gasteiger partial charge in [-0.25, -0.2) is 14.5 Å². The average molecular weight is 489 g/mol. The van der Waals surface area contributed by atoms with Crippen molar-refractivity contribution in [2.24, 2.45) is 0 Å². The lowest BCUT2D eigenvalue weighted by Gasteiger charge is -2.27. The molecule has 188 valence electrons. The summed E-state index contributed by atoms with van der Waals surface area (Å²) in [5, 5.41) is 30.5. The van der Waals surface area contributed by atoms with E-state index in [9.17, 15) is 15.0 Å². The number of benzene rings is 2. The van der Waals surface area contributed by atoms with Crippen LogP contribution in [-0.4, -0.2) is 61.0 Å². The predicted molar refractivity (Wildman–Crippen MR) is 139 cm³/mol. The Labute approximate surface area is 210 Å². The lowest BCUT2D eigenvalue weighted by Crippen LogP contribution is -2.42. The van der Waals surface area contributed by atoms with Gasteiger partial charge in [-0.05, 0) is 47.4 Å². The molecule has 0 unspecified atom stereocenters. The van der Waals surface area contributed by atoms with Crippen LogP contribution in [0.4, 0.5) is 0 Å². The first-order valence-corrected chi connectivity index (χ1v) is 12.0. The van der Waals surface area contributed by atoms with Crippen molar-refractivity contribution in [3.05, 3.63) is 88.6 Å². The van der Waals surface area contributed by atoms with E-state index < -0.39 is 5.69 Å². The third-order valence-electron chi connectivity index (χ3n) is 6.06. The molecule has 3 heterocycles. The van der Waals surface area contributed by atoms with Gasteiger partial charge in [0.15, 0.2) is 5.82 Å². The second-order valence-electron chi connectivity index (χ2n) is 8.99. The fraction of sp³-hybridized carbons (Fsp3) is 0.296. The molecule has 1 saturated heterocycles. The van der Waals surface area contributed by atoms with Gasteiger partial charge in [-0.3, -0.25) is 9.88 Å². The maximum atomic E-state index is 12.5. The van der Waals surface area contributed by atoms with Gasteiger partial charge in [0.05, 0.1) is 11.3 Å². The zero-order valence-corrected chi connectivity index (χ0v) is 20.6. The molecular formula is C27H32N6O3. The van der Waals surface area contributed by atoms with Crippen LogP contribution < -0.4 is 11.0 Å². The highest BCUT2D eigenvalue weighted by Gasteiger charge is 2.19. The van der Waals surface area contributed by atoms with Gasteiger partial charge in [-0.1, -0.05) is 32.0 Å². The topological polar surface area (TPSA) is 119 Å². The minimum atomic E-state index is -0.390. The summed E-state index contributed by atoms with van der Waals surface area (Å²) in [4.78, 5) is 18.7. The number of nitrogens with zero attached hydrogens (tertiary/aromatic N) is 4. The van der Waals surface area contributed by atoms with E-state index in [0.29, 0.717) is 22.6 Å². The van der Waals surface area contributed by atoms with Crippen LogP contribution in [0.3, 0.4) is 0 Å². The molecule has 0 radical (unpaired) electrons. The van der Waals surface area contributed by atoms with Crippen molar-refractivity contribution in [2.45, 2.75) is 26.3 Å². The van der Waals surface area contributed by atoms with Crippen LogP contribution in [0.15, 0.2) is 71.8 Å². The molecule has 0 saturated carbocycles.